The zero-order valence-corrected chi connectivity index (χ0v) is 9.43. The van der Waals surface area contributed by atoms with Crippen molar-refractivity contribution in [3.05, 3.63) is 48.8 Å². The SMILES string of the molecule is Nc1ccnc(-c2cnnn2-c2ccccc2)n1. The summed E-state index contributed by atoms with van der Waals surface area (Å²) in [6.45, 7) is 0. The van der Waals surface area contributed by atoms with Gasteiger partial charge >= 0.3 is 0 Å². The molecule has 0 spiro atoms. The predicted molar refractivity (Wildman–Crippen MR) is 66.8 cm³/mol. The molecule has 3 aromatic rings. The van der Waals surface area contributed by atoms with Crippen LogP contribution in [-0.4, -0.2) is 25.0 Å². The second-order valence-electron chi connectivity index (χ2n) is 3.67. The number of aromatic nitrogens is 5. The first-order chi connectivity index (χ1) is 8.84. The van der Waals surface area contributed by atoms with Crippen molar-refractivity contribution in [2.45, 2.75) is 0 Å². The second kappa shape index (κ2) is 4.25. The van der Waals surface area contributed by atoms with Crippen molar-refractivity contribution in [1.29, 1.82) is 0 Å². The second-order valence-corrected chi connectivity index (χ2v) is 3.67. The number of nitrogen functional groups attached to an aromatic ring is 1. The minimum Gasteiger partial charge on any atom is -0.384 e. The van der Waals surface area contributed by atoms with Gasteiger partial charge in [-0.25, -0.2) is 14.6 Å². The molecule has 2 heterocycles. The summed E-state index contributed by atoms with van der Waals surface area (Å²) in [5.74, 6) is 0.921. The van der Waals surface area contributed by atoms with E-state index in [0.29, 0.717) is 17.3 Å². The largest absolute Gasteiger partial charge is 0.384 e. The molecule has 2 N–H and O–H groups in total. The highest BCUT2D eigenvalue weighted by atomic mass is 15.4. The number of hydrogen-bond donors (Lipinski definition) is 1. The maximum atomic E-state index is 5.65. The predicted octanol–water partition coefficient (Wildman–Crippen LogP) is 1.31. The van der Waals surface area contributed by atoms with Crippen LogP contribution in [0.2, 0.25) is 0 Å². The van der Waals surface area contributed by atoms with Gasteiger partial charge in [0.15, 0.2) is 5.82 Å². The Morgan fingerprint density at radius 1 is 1.06 bits per heavy atom. The van der Waals surface area contributed by atoms with Gasteiger partial charge in [-0.3, -0.25) is 0 Å². The summed E-state index contributed by atoms with van der Waals surface area (Å²) in [6, 6.07) is 11.3. The Labute approximate surface area is 103 Å². The number of nitrogens with zero attached hydrogens (tertiary/aromatic N) is 5. The summed E-state index contributed by atoms with van der Waals surface area (Å²) in [4.78, 5) is 8.34. The molecule has 0 aliphatic rings. The lowest BCUT2D eigenvalue weighted by Crippen LogP contribution is -2.02. The summed E-state index contributed by atoms with van der Waals surface area (Å²) in [6.07, 6.45) is 3.22. The Bertz CT molecular complexity index is 661. The Hall–Kier alpha value is -2.76. The molecule has 0 unspecified atom stereocenters. The summed E-state index contributed by atoms with van der Waals surface area (Å²) >= 11 is 0. The fourth-order valence-electron chi connectivity index (χ4n) is 1.64. The maximum absolute atomic E-state index is 5.65. The van der Waals surface area contributed by atoms with E-state index in [-0.39, 0.29) is 0 Å². The normalized spacial score (nSPS) is 10.4. The van der Waals surface area contributed by atoms with Crippen LogP contribution in [0.4, 0.5) is 5.82 Å². The minimum absolute atomic E-state index is 0.417. The van der Waals surface area contributed by atoms with E-state index in [1.54, 1.807) is 23.1 Å². The lowest BCUT2D eigenvalue weighted by molar-refractivity contribution is 0.804. The lowest BCUT2D eigenvalue weighted by Gasteiger charge is -2.04. The van der Waals surface area contributed by atoms with Crippen molar-refractivity contribution in [2.24, 2.45) is 0 Å². The molecule has 0 saturated carbocycles. The van der Waals surface area contributed by atoms with Crippen LogP contribution >= 0.6 is 0 Å². The van der Waals surface area contributed by atoms with E-state index in [1.807, 2.05) is 30.3 Å². The Morgan fingerprint density at radius 2 is 1.89 bits per heavy atom. The van der Waals surface area contributed by atoms with Crippen LogP contribution in [0.1, 0.15) is 0 Å². The third kappa shape index (κ3) is 1.80. The molecule has 6 heteroatoms. The van der Waals surface area contributed by atoms with Gasteiger partial charge in [-0.1, -0.05) is 23.4 Å². The standard InChI is InChI=1S/C12H10N6/c13-11-6-7-14-12(16-11)10-8-15-17-18(10)9-4-2-1-3-5-9/h1-8H,(H2,13,14,16). The molecule has 0 amide bonds. The fourth-order valence-corrected chi connectivity index (χ4v) is 1.64. The molecule has 6 nitrogen and oxygen atoms in total. The minimum atomic E-state index is 0.417. The van der Waals surface area contributed by atoms with E-state index in [4.69, 9.17) is 5.73 Å². The number of rotatable bonds is 2. The van der Waals surface area contributed by atoms with Gasteiger partial charge < -0.3 is 5.73 Å². The van der Waals surface area contributed by atoms with Crippen molar-refractivity contribution in [3.8, 4) is 17.2 Å². The van der Waals surface area contributed by atoms with Crippen LogP contribution < -0.4 is 5.73 Å². The lowest BCUT2D eigenvalue weighted by atomic mass is 10.3. The first kappa shape index (κ1) is 10.4. The molecule has 88 valence electrons. The first-order valence-electron chi connectivity index (χ1n) is 5.39. The topological polar surface area (TPSA) is 82.5 Å². The van der Waals surface area contributed by atoms with Crippen molar-refractivity contribution in [2.75, 3.05) is 5.73 Å². The van der Waals surface area contributed by atoms with Gasteiger partial charge in [-0.05, 0) is 18.2 Å². The first-order valence-corrected chi connectivity index (χ1v) is 5.39. The molecule has 18 heavy (non-hydrogen) atoms. The van der Waals surface area contributed by atoms with Crippen LogP contribution in [0.25, 0.3) is 17.2 Å². The molecule has 0 radical (unpaired) electrons. The van der Waals surface area contributed by atoms with Crippen LogP contribution in [0.5, 0.6) is 0 Å². The molecule has 0 bridgehead atoms. The van der Waals surface area contributed by atoms with E-state index in [9.17, 15) is 0 Å². The molecule has 0 fully saturated rings. The highest BCUT2D eigenvalue weighted by Gasteiger charge is 2.10. The third-order valence-electron chi connectivity index (χ3n) is 2.46. The zero-order chi connectivity index (χ0) is 12.4. The molecule has 0 atom stereocenters. The van der Waals surface area contributed by atoms with Gasteiger partial charge in [0.05, 0.1) is 11.9 Å². The van der Waals surface area contributed by atoms with Crippen molar-refractivity contribution >= 4 is 5.82 Å². The summed E-state index contributed by atoms with van der Waals surface area (Å²) < 4.78 is 1.68. The number of para-hydroxylation sites is 1. The molecular formula is C12H10N6. The third-order valence-corrected chi connectivity index (χ3v) is 2.46. The van der Waals surface area contributed by atoms with Gasteiger partial charge in [0, 0.05) is 6.20 Å². The van der Waals surface area contributed by atoms with E-state index in [0.717, 1.165) is 5.69 Å². The molecule has 0 aliphatic carbocycles. The van der Waals surface area contributed by atoms with Crippen molar-refractivity contribution in [3.63, 3.8) is 0 Å². The summed E-state index contributed by atoms with van der Waals surface area (Å²) in [7, 11) is 0. The number of nitrogens with two attached hydrogens (primary N) is 1. The Balaban J connectivity index is 2.13. The quantitative estimate of drug-likeness (QED) is 0.727. The molecule has 0 aliphatic heterocycles. The zero-order valence-electron chi connectivity index (χ0n) is 9.43. The Morgan fingerprint density at radius 3 is 2.67 bits per heavy atom. The van der Waals surface area contributed by atoms with Gasteiger partial charge in [0.2, 0.25) is 0 Å². The maximum Gasteiger partial charge on any atom is 0.181 e. The average Bonchev–Trinajstić information content (AvgIpc) is 2.89. The van der Waals surface area contributed by atoms with Gasteiger partial charge in [-0.2, -0.15) is 0 Å². The highest BCUT2D eigenvalue weighted by molar-refractivity contribution is 5.53. The summed E-state index contributed by atoms with van der Waals surface area (Å²) in [5, 5.41) is 7.94. The van der Waals surface area contributed by atoms with Crippen molar-refractivity contribution < 1.29 is 0 Å². The van der Waals surface area contributed by atoms with Gasteiger partial charge in [0.25, 0.3) is 0 Å². The number of benzene rings is 1. The van der Waals surface area contributed by atoms with E-state index in [1.165, 1.54) is 0 Å². The molecule has 3 rings (SSSR count). The van der Waals surface area contributed by atoms with Gasteiger partial charge in [-0.15, -0.1) is 5.10 Å². The van der Waals surface area contributed by atoms with Crippen LogP contribution in [-0.2, 0) is 0 Å². The van der Waals surface area contributed by atoms with Crippen molar-refractivity contribution in [1.82, 2.24) is 25.0 Å². The Kier molecular flexibility index (Phi) is 2.45. The molecule has 2 aromatic heterocycles. The molecule has 1 aromatic carbocycles. The van der Waals surface area contributed by atoms with Crippen LogP contribution in [0.15, 0.2) is 48.8 Å². The number of anilines is 1. The average molecular weight is 238 g/mol. The monoisotopic (exact) mass is 238 g/mol. The molecular weight excluding hydrogens is 228 g/mol. The summed E-state index contributed by atoms with van der Waals surface area (Å²) in [5.41, 5.74) is 7.25. The van der Waals surface area contributed by atoms with E-state index < -0.39 is 0 Å². The van der Waals surface area contributed by atoms with E-state index >= 15 is 0 Å². The number of hydrogen-bond acceptors (Lipinski definition) is 5. The highest BCUT2D eigenvalue weighted by Crippen LogP contribution is 2.17. The molecule has 0 saturated heterocycles. The van der Waals surface area contributed by atoms with Crippen LogP contribution in [0.3, 0.4) is 0 Å². The smallest absolute Gasteiger partial charge is 0.181 e. The van der Waals surface area contributed by atoms with Gasteiger partial charge in [0.1, 0.15) is 11.5 Å². The van der Waals surface area contributed by atoms with E-state index in [2.05, 4.69) is 20.3 Å². The van der Waals surface area contributed by atoms with Crippen LogP contribution in [0, 0.1) is 0 Å². The fraction of sp³-hybridized carbons (Fsp3) is 0.